The lowest BCUT2D eigenvalue weighted by molar-refractivity contribution is 0.0740. The van der Waals surface area contributed by atoms with Gasteiger partial charge in [0.2, 0.25) is 0 Å². The van der Waals surface area contributed by atoms with Crippen molar-refractivity contribution in [3.8, 4) is 0 Å². The summed E-state index contributed by atoms with van der Waals surface area (Å²) < 4.78 is 14.0. The number of nitrogens with one attached hydrogen (secondary N) is 1. The third kappa shape index (κ3) is 4.34. The van der Waals surface area contributed by atoms with E-state index >= 15 is 0 Å². The van der Waals surface area contributed by atoms with Crippen molar-refractivity contribution >= 4 is 23.1 Å². The number of piperazine rings is 1. The summed E-state index contributed by atoms with van der Waals surface area (Å²) in [6, 6.07) is 16.3. The molecule has 1 fully saturated rings. The molecule has 2 heterocycles. The van der Waals surface area contributed by atoms with Crippen molar-refractivity contribution in [2.75, 3.05) is 36.4 Å². The fourth-order valence-corrected chi connectivity index (χ4v) is 3.35. The van der Waals surface area contributed by atoms with Crippen molar-refractivity contribution in [3.63, 3.8) is 0 Å². The number of aryl methyl sites for hydroxylation is 1. The second-order valence-corrected chi connectivity index (χ2v) is 7.01. The van der Waals surface area contributed by atoms with Gasteiger partial charge in [0.05, 0.1) is 5.69 Å². The largest absolute Gasteiger partial charge is 0.366 e. The first-order chi connectivity index (χ1) is 14.1. The third-order valence-corrected chi connectivity index (χ3v) is 4.97. The molecule has 0 bridgehead atoms. The van der Waals surface area contributed by atoms with Crippen LogP contribution < -0.4 is 10.2 Å². The molecule has 1 N–H and O–H groups in total. The molecule has 0 radical (unpaired) electrons. The van der Waals surface area contributed by atoms with Gasteiger partial charge in [-0.1, -0.05) is 29.8 Å². The Morgan fingerprint density at radius 2 is 1.72 bits per heavy atom. The molecule has 1 aliphatic rings. The predicted octanol–water partition coefficient (Wildman–Crippen LogP) is 3.63. The van der Waals surface area contributed by atoms with Crippen LogP contribution in [0.25, 0.3) is 0 Å². The zero-order valence-electron chi connectivity index (χ0n) is 16.2. The molecule has 7 heteroatoms. The van der Waals surface area contributed by atoms with Crippen LogP contribution in [0.5, 0.6) is 0 Å². The summed E-state index contributed by atoms with van der Waals surface area (Å²) in [5.41, 5.74) is 2.98. The average Bonchev–Trinajstić information content (AvgIpc) is 2.76. The molecule has 4 rings (SSSR count). The van der Waals surface area contributed by atoms with Gasteiger partial charge in [0.1, 0.15) is 23.7 Å². The Bertz CT molecular complexity index is 1000. The van der Waals surface area contributed by atoms with E-state index in [1.807, 2.05) is 42.2 Å². The molecule has 1 aliphatic heterocycles. The molecule has 1 saturated heterocycles. The fraction of sp³-hybridized carbons (Fsp3) is 0.227. The van der Waals surface area contributed by atoms with Crippen molar-refractivity contribution < 1.29 is 9.18 Å². The summed E-state index contributed by atoms with van der Waals surface area (Å²) in [6.07, 6.45) is 1.39. The van der Waals surface area contributed by atoms with Crippen LogP contribution in [0.15, 0.2) is 60.9 Å². The molecule has 0 spiro atoms. The van der Waals surface area contributed by atoms with E-state index < -0.39 is 0 Å². The number of anilines is 3. The van der Waals surface area contributed by atoms with Gasteiger partial charge in [0.15, 0.2) is 0 Å². The van der Waals surface area contributed by atoms with Gasteiger partial charge >= 0.3 is 0 Å². The quantitative estimate of drug-likeness (QED) is 0.736. The lowest BCUT2D eigenvalue weighted by atomic mass is 10.2. The number of benzene rings is 2. The minimum Gasteiger partial charge on any atom is -0.366 e. The normalized spacial score (nSPS) is 14.0. The topological polar surface area (TPSA) is 61.4 Å². The maximum Gasteiger partial charge on any atom is 0.272 e. The highest BCUT2D eigenvalue weighted by Crippen LogP contribution is 2.21. The monoisotopic (exact) mass is 391 g/mol. The summed E-state index contributed by atoms with van der Waals surface area (Å²) in [4.78, 5) is 24.9. The summed E-state index contributed by atoms with van der Waals surface area (Å²) in [5.74, 6) is 0.180. The highest BCUT2D eigenvalue weighted by Gasteiger charge is 2.24. The smallest absolute Gasteiger partial charge is 0.272 e. The number of hydrogen-bond donors (Lipinski definition) is 1. The maximum absolute atomic E-state index is 14.0. The first-order valence-corrected chi connectivity index (χ1v) is 9.54. The van der Waals surface area contributed by atoms with E-state index in [1.54, 1.807) is 23.1 Å². The van der Waals surface area contributed by atoms with Crippen LogP contribution >= 0.6 is 0 Å². The van der Waals surface area contributed by atoms with E-state index in [0.717, 1.165) is 5.69 Å². The minimum absolute atomic E-state index is 0.146. The van der Waals surface area contributed by atoms with E-state index in [0.29, 0.717) is 43.4 Å². The number of carbonyl (C=O) groups excluding carboxylic acids is 1. The second-order valence-electron chi connectivity index (χ2n) is 7.01. The number of hydrogen-bond acceptors (Lipinski definition) is 5. The van der Waals surface area contributed by atoms with Crippen molar-refractivity contribution in [3.05, 3.63) is 78.0 Å². The molecule has 0 unspecified atom stereocenters. The standard InChI is InChI=1S/C22H22FN5O/c1-16-6-8-17(9-7-16)26-21-14-19(24-15-25-21)22(29)28-12-10-27(11-13-28)20-5-3-2-4-18(20)23/h2-9,14-15H,10-13H2,1H3,(H,24,25,26). The molecule has 0 aliphatic carbocycles. The molecule has 29 heavy (non-hydrogen) atoms. The minimum atomic E-state index is -0.241. The third-order valence-electron chi connectivity index (χ3n) is 4.97. The number of amides is 1. The number of aromatic nitrogens is 2. The maximum atomic E-state index is 14.0. The van der Waals surface area contributed by atoms with Crippen LogP contribution in [-0.4, -0.2) is 47.0 Å². The molecule has 6 nitrogen and oxygen atoms in total. The van der Waals surface area contributed by atoms with Gasteiger partial charge in [-0.15, -0.1) is 0 Å². The zero-order chi connectivity index (χ0) is 20.2. The molecule has 0 saturated carbocycles. The van der Waals surface area contributed by atoms with Gasteiger partial charge in [0, 0.05) is 37.9 Å². The Balaban J connectivity index is 1.41. The second kappa shape index (κ2) is 8.26. The molecular formula is C22H22FN5O. The van der Waals surface area contributed by atoms with Crippen molar-refractivity contribution in [1.29, 1.82) is 0 Å². The Kier molecular flexibility index (Phi) is 5.37. The fourth-order valence-electron chi connectivity index (χ4n) is 3.35. The molecular weight excluding hydrogens is 369 g/mol. The molecule has 0 atom stereocenters. The van der Waals surface area contributed by atoms with Gasteiger partial charge in [0.25, 0.3) is 5.91 Å². The summed E-state index contributed by atoms with van der Waals surface area (Å²) in [6.45, 7) is 4.20. The van der Waals surface area contributed by atoms with Crippen LogP contribution in [-0.2, 0) is 0 Å². The predicted molar refractivity (Wildman–Crippen MR) is 111 cm³/mol. The summed E-state index contributed by atoms with van der Waals surface area (Å²) in [7, 11) is 0. The molecule has 148 valence electrons. The highest BCUT2D eigenvalue weighted by atomic mass is 19.1. The number of halogens is 1. The molecule has 2 aromatic carbocycles. The Hall–Kier alpha value is -3.48. The average molecular weight is 391 g/mol. The first kappa shape index (κ1) is 18.9. The SMILES string of the molecule is Cc1ccc(Nc2cc(C(=O)N3CCN(c4ccccc4F)CC3)ncn2)cc1. The molecule has 1 aromatic heterocycles. The first-order valence-electron chi connectivity index (χ1n) is 9.54. The van der Waals surface area contributed by atoms with Gasteiger partial charge in [-0.05, 0) is 31.2 Å². The van der Waals surface area contributed by atoms with Gasteiger partial charge < -0.3 is 15.1 Å². The van der Waals surface area contributed by atoms with Gasteiger partial charge in [-0.3, -0.25) is 4.79 Å². The molecule has 1 amide bonds. The van der Waals surface area contributed by atoms with Crippen molar-refractivity contribution in [1.82, 2.24) is 14.9 Å². The van der Waals surface area contributed by atoms with E-state index in [4.69, 9.17) is 0 Å². The van der Waals surface area contributed by atoms with E-state index in [2.05, 4.69) is 15.3 Å². The number of rotatable bonds is 4. The van der Waals surface area contributed by atoms with Crippen LogP contribution in [0.4, 0.5) is 21.6 Å². The Morgan fingerprint density at radius 3 is 2.45 bits per heavy atom. The lowest BCUT2D eigenvalue weighted by Gasteiger charge is -2.36. The number of carbonyl (C=O) groups is 1. The van der Waals surface area contributed by atoms with Gasteiger partial charge in [-0.25, -0.2) is 14.4 Å². The van der Waals surface area contributed by atoms with Crippen molar-refractivity contribution in [2.24, 2.45) is 0 Å². The summed E-state index contributed by atoms with van der Waals surface area (Å²) >= 11 is 0. The van der Waals surface area contributed by atoms with Crippen LogP contribution in [0.1, 0.15) is 16.1 Å². The van der Waals surface area contributed by atoms with Crippen LogP contribution in [0.3, 0.4) is 0 Å². The van der Waals surface area contributed by atoms with Gasteiger partial charge in [-0.2, -0.15) is 0 Å². The van der Waals surface area contributed by atoms with E-state index in [-0.39, 0.29) is 11.7 Å². The van der Waals surface area contributed by atoms with Crippen LogP contribution in [0.2, 0.25) is 0 Å². The number of nitrogens with zero attached hydrogens (tertiary/aromatic N) is 4. The lowest BCUT2D eigenvalue weighted by Crippen LogP contribution is -2.49. The number of para-hydroxylation sites is 1. The molecule has 3 aromatic rings. The van der Waals surface area contributed by atoms with Crippen molar-refractivity contribution in [2.45, 2.75) is 6.92 Å². The highest BCUT2D eigenvalue weighted by molar-refractivity contribution is 5.93. The zero-order valence-corrected chi connectivity index (χ0v) is 16.2. The van der Waals surface area contributed by atoms with E-state index in [9.17, 15) is 9.18 Å². The Labute approximate surface area is 169 Å². The summed E-state index contributed by atoms with van der Waals surface area (Å²) in [5, 5.41) is 3.19. The van der Waals surface area contributed by atoms with Crippen LogP contribution in [0, 0.1) is 12.7 Å². The Morgan fingerprint density at radius 1 is 1.00 bits per heavy atom. The van der Waals surface area contributed by atoms with E-state index in [1.165, 1.54) is 18.0 Å².